The molecule has 0 spiro atoms. The maximum Gasteiger partial charge on any atom is 2.00 e. The fraction of sp³-hybridized carbons (Fsp3) is 0.211. The number of aromatic nitrogens is 4. The van der Waals surface area contributed by atoms with Crippen LogP contribution < -0.4 is 21.9 Å². The first-order valence-corrected chi connectivity index (χ1v) is 11.3. The number of carbonyl (C=O) groups is 3. The number of nitrogens with one attached hydrogen (secondary N) is 3. The molecule has 1 amide bonds. The number of aliphatic carboxylic acids is 2. The van der Waals surface area contributed by atoms with Crippen LogP contribution in [0.15, 0.2) is 35.3 Å². The van der Waals surface area contributed by atoms with Gasteiger partial charge in [0.05, 0.1) is 18.4 Å². The molecule has 3 rings (SSSR count). The second-order valence-corrected chi connectivity index (χ2v) is 7.94. The summed E-state index contributed by atoms with van der Waals surface area (Å²) in [4.78, 5) is 60.6. The Morgan fingerprint density at radius 3 is 2.26 bits per heavy atom. The number of rotatable bonds is 9. The van der Waals surface area contributed by atoms with Crippen molar-refractivity contribution in [2.45, 2.75) is 25.4 Å². The number of nitrogen functional groups attached to an aromatic ring is 1. The molecule has 0 aliphatic carbocycles. The van der Waals surface area contributed by atoms with E-state index in [-0.39, 0.29) is 59.1 Å². The van der Waals surface area contributed by atoms with Crippen LogP contribution in [0.1, 0.15) is 28.9 Å². The third-order valence-corrected chi connectivity index (χ3v) is 4.36. The molecule has 3 aromatic rings. The molecule has 0 fully saturated rings. The molecule has 1 atom stereocenters. The van der Waals surface area contributed by atoms with Crippen LogP contribution in [0, 0.1) is 0 Å². The van der Waals surface area contributed by atoms with Crippen LogP contribution in [0.5, 0.6) is 0 Å². The number of carboxylic acid groups (broad SMARTS) is 2. The number of amides is 1. The number of aromatic amines is 1. The molecule has 0 unspecified atom stereocenters. The number of fused-ring (bicyclic) bond motifs is 1. The van der Waals surface area contributed by atoms with Crippen LogP contribution >= 0.6 is 0 Å². The zero-order valence-electron chi connectivity index (χ0n) is 18.9. The van der Waals surface area contributed by atoms with Crippen molar-refractivity contribution in [1.29, 1.82) is 0 Å². The molecule has 0 saturated carbocycles. The molecular weight excluding hydrogens is 574 g/mol. The number of carboxylic acids is 2. The molecule has 0 radical (unpaired) electrons. The fourth-order valence-corrected chi connectivity index (χ4v) is 2.75. The normalized spacial score (nSPS) is 11.3. The zero-order valence-corrected chi connectivity index (χ0v) is 20.8. The van der Waals surface area contributed by atoms with Crippen LogP contribution in [0.3, 0.4) is 0 Å². The van der Waals surface area contributed by atoms with E-state index in [9.17, 15) is 19.2 Å². The number of hydrogen-bond donors (Lipinski definition) is 6. The second-order valence-electron chi connectivity index (χ2n) is 7.12. The van der Waals surface area contributed by atoms with E-state index < -0.39 is 39.8 Å². The summed E-state index contributed by atoms with van der Waals surface area (Å²) >= 11 is 0. The smallest absolute Gasteiger partial charge is 0.759 e. The van der Waals surface area contributed by atoms with Crippen molar-refractivity contribution in [1.82, 2.24) is 25.3 Å². The Labute approximate surface area is 224 Å². The molecule has 0 saturated heterocycles. The molecule has 0 bridgehead atoms. The maximum atomic E-state index is 12.3. The Bertz CT molecular complexity index is 1460. The Morgan fingerprint density at radius 1 is 1.11 bits per heavy atom. The van der Waals surface area contributed by atoms with E-state index in [1.807, 2.05) is 0 Å². The number of nitrogens with zero attached hydrogens (tertiary/aromatic N) is 3. The minimum absolute atomic E-state index is 0. The summed E-state index contributed by atoms with van der Waals surface area (Å²) in [5, 5.41) is 23.2. The first-order chi connectivity index (χ1) is 17.2. The summed E-state index contributed by atoms with van der Waals surface area (Å²) < 4.78 is 34.1. The number of anilines is 2. The van der Waals surface area contributed by atoms with Gasteiger partial charge in [0, 0.05) is 28.1 Å². The molecule has 7 N–H and O–H groups in total. The van der Waals surface area contributed by atoms with Gasteiger partial charge < -0.3 is 35.7 Å². The van der Waals surface area contributed by atoms with Crippen LogP contribution in [-0.2, 0) is 43.6 Å². The van der Waals surface area contributed by atoms with E-state index in [1.165, 1.54) is 18.3 Å². The summed E-state index contributed by atoms with van der Waals surface area (Å²) in [6.45, 7) is 0.231. The third-order valence-electron chi connectivity index (χ3n) is 4.36. The van der Waals surface area contributed by atoms with Crippen LogP contribution in [0.4, 0.5) is 11.6 Å². The van der Waals surface area contributed by atoms with Crippen LogP contribution in [-0.4, -0.2) is 71.6 Å². The molecule has 2 aromatic heterocycles. The van der Waals surface area contributed by atoms with E-state index in [0.29, 0.717) is 11.4 Å². The standard InChI is InChI=1S/C19H19N7O6.Fe.H2O4S/c20-19-25-15-14(17(30)26-19)23-11(8-22-15)7-21-10-3-1-9(2-4-10)16(29)24-12(18(31)32)5-6-13(27)28;;1-5(2,3)4/h1-4,8,12,21H,5-7H2,(H,24,29)(H,27,28)(H,31,32)(H3,20,22,25,26,30);;(H2,1,2,3,4)/q;+2;/p-2/t12-;;/m0../s1. The Hall–Kier alpha value is -4.16. The van der Waals surface area contributed by atoms with E-state index in [1.54, 1.807) is 12.1 Å². The Kier molecular flexibility index (Phi) is 11.7. The van der Waals surface area contributed by atoms with Crippen molar-refractivity contribution in [2.24, 2.45) is 0 Å². The number of hydrogen-bond acceptors (Lipinski definition) is 13. The fourth-order valence-electron chi connectivity index (χ4n) is 2.75. The minimum atomic E-state index is -5.17. The quantitative estimate of drug-likeness (QED) is 0.0946. The summed E-state index contributed by atoms with van der Waals surface area (Å²) in [5.41, 5.74) is 6.47. The average Bonchev–Trinajstić information content (AvgIpc) is 2.79. The maximum absolute atomic E-state index is 12.3. The number of H-pyrrole nitrogens is 1. The SMILES string of the molecule is Nc1nc2ncc(CNc3ccc(C(=O)N[C@@H](CCC(=O)O)C(=O)O)cc3)nc2c(=O)[nH]1.O=S(=O)([O-])[O-].[Fe+2]. The summed E-state index contributed by atoms with van der Waals surface area (Å²) in [6, 6.07) is 4.86. The monoisotopic (exact) mass is 593 g/mol. The van der Waals surface area contributed by atoms with Gasteiger partial charge in [0.25, 0.3) is 11.5 Å². The van der Waals surface area contributed by atoms with Gasteiger partial charge >= 0.3 is 29.0 Å². The van der Waals surface area contributed by atoms with Gasteiger partial charge in [0.1, 0.15) is 6.04 Å². The topological polar surface area (TPSA) is 294 Å². The largest absolute Gasteiger partial charge is 2.00 e. The van der Waals surface area contributed by atoms with Crippen LogP contribution in [0.2, 0.25) is 0 Å². The van der Waals surface area contributed by atoms with Gasteiger partial charge in [-0.2, -0.15) is 4.98 Å². The van der Waals surface area contributed by atoms with Gasteiger partial charge in [0.2, 0.25) is 5.95 Å². The van der Waals surface area contributed by atoms with Crippen molar-refractivity contribution in [3.63, 3.8) is 0 Å². The van der Waals surface area contributed by atoms with Gasteiger partial charge in [-0.05, 0) is 30.7 Å². The van der Waals surface area contributed by atoms with E-state index in [4.69, 9.17) is 33.5 Å². The van der Waals surface area contributed by atoms with Crippen molar-refractivity contribution in [2.75, 3.05) is 11.1 Å². The molecule has 2 heterocycles. The zero-order chi connectivity index (χ0) is 27.8. The van der Waals surface area contributed by atoms with Crippen molar-refractivity contribution < 1.29 is 59.2 Å². The Balaban J connectivity index is 0.00000110. The second kappa shape index (κ2) is 14.0. The number of benzene rings is 1. The molecule has 38 heavy (non-hydrogen) atoms. The first-order valence-electron chi connectivity index (χ1n) is 10.0. The molecule has 0 aliphatic rings. The summed E-state index contributed by atoms with van der Waals surface area (Å²) in [7, 11) is -5.17. The van der Waals surface area contributed by atoms with Gasteiger partial charge in [-0.3, -0.25) is 27.8 Å². The first kappa shape index (κ1) is 31.9. The number of nitrogens with two attached hydrogens (primary N) is 1. The molecule has 0 aliphatic heterocycles. The third kappa shape index (κ3) is 10.8. The predicted octanol–water partition coefficient (Wildman–Crippen LogP) is -1.39. The van der Waals surface area contributed by atoms with Gasteiger partial charge in [-0.15, -0.1) is 0 Å². The minimum Gasteiger partial charge on any atom is -0.759 e. The molecule has 204 valence electrons. The molecular formula is C19H19FeN7O10S. The van der Waals surface area contributed by atoms with Crippen molar-refractivity contribution in [3.05, 3.63) is 52.1 Å². The molecule has 17 nitrogen and oxygen atoms in total. The van der Waals surface area contributed by atoms with Gasteiger partial charge in [-0.1, -0.05) is 0 Å². The molecule has 19 heteroatoms. The van der Waals surface area contributed by atoms with Gasteiger partial charge in [-0.25, -0.2) is 14.8 Å². The van der Waals surface area contributed by atoms with Crippen LogP contribution in [0.25, 0.3) is 11.2 Å². The van der Waals surface area contributed by atoms with E-state index in [2.05, 4.69) is 30.6 Å². The molecule has 1 aromatic carbocycles. The summed E-state index contributed by atoms with van der Waals surface area (Å²) in [6.07, 6.45) is 0.840. The van der Waals surface area contributed by atoms with E-state index in [0.717, 1.165) is 0 Å². The van der Waals surface area contributed by atoms with E-state index >= 15 is 0 Å². The summed E-state index contributed by atoms with van der Waals surface area (Å²) in [5.74, 6) is -3.16. The number of carbonyl (C=O) groups excluding carboxylic acids is 1. The average molecular weight is 593 g/mol. The van der Waals surface area contributed by atoms with Crippen molar-refractivity contribution >= 4 is 51.0 Å². The predicted molar refractivity (Wildman–Crippen MR) is 122 cm³/mol. The van der Waals surface area contributed by atoms with Gasteiger partial charge in [0.15, 0.2) is 11.2 Å². The Morgan fingerprint density at radius 2 is 1.71 bits per heavy atom. The van der Waals surface area contributed by atoms with Crippen molar-refractivity contribution in [3.8, 4) is 0 Å².